The van der Waals surface area contributed by atoms with E-state index in [9.17, 15) is 4.79 Å². The Balaban J connectivity index is 1.65. The van der Waals surface area contributed by atoms with Crippen LogP contribution in [0.2, 0.25) is 0 Å². The van der Waals surface area contributed by atoms with Crippen LogP contribution in [0.1, 0.15) is 51.1 Å². The number of amides is 1. The molecule has 6 nitrogen and oxygen atoms in total. The Morgan fingerprint density at radius 3 is 2.70 bits per heavy atom. The first-order chi connectivity index (χ1) is 11.2. The van der Waals surface area contributed by atoms with Crippen molar-refractivity contribution in [2.45, 2.75) is 64.2 Å². The summed E-state index contributed by atoms with van der Waals surface area (Å²) < 4.78 is 1.92. The third-order valence-electron chi connectivity index (χ3n) is 5.22. The fraction of sp³-hybridized carbons (Fsp3) is 0.765. The Labute approximate surface area is 138 Å². The van der Waals surface area contributed by atoms with Gasteiger partial charge < -0.3 is 15.5 Å². The number of nitrogens with one attached hydrogen (secondary N) is 2. The normalized spacial score (nSPS) is 27.1. The number of piperidine rings is 2. The van der Waals surface area contributed by atoms with E-state index < -0.39 is 0 Å². The summed E-state index contributed by atoms with van der Waals surface area (Å²) in [5.41, 5.74) is 1.11. The van der Waals surface area contributed by atoms with Crippen molar-refractivity contribution in [3.05, 3.63) is 18.0 Å². The second kappa shape index (κ2) is 7.45. The highest BCUT2D eigenvalue weighted by Gasteiger charge is 2.32. The number of nitrogens with zero attached hydrogens (tertiary/aromatic N) is 3. The average molecular weight is 319 g/mol. The first-order valence-corrected chi connectivity index (χ1v) is 8.99. The lowest BCUT2D eigenvalue weighted by molar-refractivity contribution is -0.124. The van der Waals surface area contributed by atoms with E-state index in [1.165, 1.54) is 25.9 Å². The number of hydrogen-bond acceptors (Lipinski definition) is 4. The minimum atomic E-state index is 0.0424. The first-order valence-electron chi connectivity index (χ1n) is 8.99. The van der Waals surface area contributed by atoms with Gasteiger partial charge in [0, 0.05) is 36.8 Å². The maximum Gasteiger partial charge on any atom is 0.220 e. The van der Waals surface area contributed by atoms with Crippen LogP contribution in [-0.4, -0.2) is 52.3 Å². The molecule has 6 heteroatoms. The number of carbonyl (C=O) groups excluding carboxylic acids is 1. The van der Waals surface area contributed by atoms with E-state index in [1.807, 2.05) is 10.9 Å². The van der Waals surface area contributed by atoms with E-state index in [1.54, 1.807) is 0 Å². The molecule has 2 saturated heterocycles. The van der Waals surface area contributed by atoms with Gasteiger partial charge in [0.05, 0.1) is 12.2 Å². The minimum absolute atomic E-state index is 0.0424. The maximum absolute atomic E-state index is 11.9. The zero-order valence-corrected chi connectivity index (χ0v) is 14.3. The third-order valence-corrected chi connectivity index (χ3v) is 5.22. The second-order valence-corrected chi connectivity index (χ2v) is 6.69. The molecule has 0 aliphatic carbocycles. The van der Waals surface area contributed by atoms with E-state index in [2.05, 4.69) is 40.7 Å². The molecule has 1 amide bonds. The summed E-state index contributed by atoms with van der Waals surface area (Å²) in [5, 5.41) is 11.4. The van der Waals surface area contributed by atoms with Gasteiger partial charge in [0.25, 0.3) is 0 Å². The van der Waals surface area contributed by atoms with Gasteiger partial charge in [-0.15, -0.1) is 0 Å². The summed E-state index contributed by atoms with van der Waals surface area (Å²) >= 11 is 0. The number of aryl methyl sites for hydroxylation is 1. The number of aromatic nitrogens is 2. The summed E-state index contributed by atoms with van der Waals surface area (Å²) in [6, 6.07) is 0.905. The SMILES string of the molecule is CCN1CCC(N[C@@H]2CCC(=O)N[C@H]2c2cnn(CC)c2)CC1. The molecule has 1 aromatic rings. The van der Waals surface area contributed by atoms with Gasteiger partial charge in [-0.2, -0.15) is 5.10 Å². The highest BCUT2D eigenvalue weighted by atomic mass is 16.1. The molecule has 0 bridgehead atoms. The molecule has 2 N–H and O–H groups in total. The number of hydrogen-bond donors (Lipinski definition) is 2. The highest BCUT2D eigenvalue weighted by molar-refractivity contribution is 5.77. The van der Waals surface area contributed by atoms with Crippen LogP contribution in [0.15, 0.2) is 12.4 Å². The molecule has 1 aromatic heterocycles. The molecule has 2 aliphatic heterocycles. The molecule has 128 valence electrons. The molecule has 2 aliphatic rings. The topological polar surface area (TPSA) is 62.2 Å². The van der Waals surface area contributed by atoms with Crippen LogP contribution in [0.25, 0.3) is 0 Å². The van der Waals surface area contributed by atoms with Gasteiger partial charge in [-0.3, -0.25) is 9.48 Å². The van der Waals surface area contributed by atoms with Crippen molar-refractivity contribution in [1.29, 1.82) is 0 Å². The zero-order chi connectivity index (χ0) is 16.2. The number of likely N-dealkylation sites (tertiary alicyclic amines) is 1. The van der Waals surface area contributed by atoms with Crippen LogP contribution >= 0.6 is 0 Å². The molecular weight excluding hydrogens is 290 g/mol. The van der Waals surface area contributed by atoms with E-state index in [0.29, 0.717) is 18.5 Å². The van der Waals surface area contributed by atoms with Crippen molar-refractivity contribution in [2.75, 3.05) is 19.6 Å². The Bertz CT molecular complexity index is 521. The summed E-state index contributed by atoms with van der Waals surface area (Å²) in [5.74, 6) is 0.151. The Morgan fingerprint density at radius 1 is 1.26 bits per heavy atom. The Kier molecular flexibility index (Phi) is 5.33. The third kappa shape index (κ3) is 3.93. The van der Waals surface area contributed by atoms with Gasteiger partial charge in [0.2, 0.25) is 5.91 Å². The monoisotopic (exact) mass is 319 g/mol. The van der Waals surface area contributed by atoms with Crippen molar-refractivity contribution < 1.29 is 4.79 Å². The van der Waals surface area contributed by atoms with E-state index in [-0.39, 0.29) is 11.9 Å². The van der Waals surface area contributed by atoms with Crippen LogP contribution in [0.5, 0.6) is 0 Å². The summed E-state index contributed by atoms with van der Waals surface area (Å²) in [6.07, 6.45) is 7.86. The summed E-state index contributed by atoms with van der Waals surface area (Å²) in [4.78, 5) is 14.4. The Morgan fingerprint density at radius 2 is 2.04 bits per heavy atom. The standard InChI is InChI=1S/C17H29N5O/c1-3-21-9-7-14(8-10-21)19-15-5-6-16(23)20-17(15)13-11-18-22(4-2)12-13/h11-12,14-15,17,19H,3-10H2,1-2H3,(H,20,23)/t15-,17+/m1/s1. The molecule has 2 fully saturated rings. The molecule has 3 heterocycles. The Hall–Kier alpha value is -1.40. The lowest BCUT2D eigenvalue weighted by Gasteiger charge is -2.38. The predicted molar refractivity (Wildman–Crippen MR) is 90.1 cm³/mol. The fourth-order valence-electron chi connectivity index (χ4n) is 3.73. The molecule has 0 radical (unpaired) electrons. The van der Waals surface area contributed by atoms with Crippen molar-refractivity contribution in [3.63, 3.8) is 0 Å². The number of rotatable bonds is 5. The van der Waals surface area contributed by atoms with Gasteiger partial charge in [-0.05, 0) is 45.8 Å². The van der Waals surface area contributed by atoms with Crippen LogP contribution in [-0.2, 0) is 11.3 Å². The van der Waals surface area contributed by atoms with E-state index >= 15 is 0 Å². The summed E-state index contributed by atoms with van der Waals surface area (Å²) in [6.45, 7) is 8.65. The van der Waals surface area contributed by atoms with Crippen molar-refractivity contribution in [2.24, 2.45) is 0 Å². The fourth-order valence-corrected chi connectivity index (χ4v) is 3.73. The molecular formula is C17H29N5O. The largest absolute Gasteiger partial charge is 0.348 e. The van der Waals surface area contributed by atoms with Crippen molar-refractivity contribution in [3.8, 4) is 0 Å². The molecule has 0 aromatic carbocycles. The maximum atomic E-state index is 11.9. The van der Waals surface area contributed by atoms with Gasteiger partial charge in [0.1, 0.15) is 0 Å². The second-order valence-electron chi connectivity index (χ2n) is 6.69. The van der Waals surface area contributed by atoms with Crippen LogP contribution < -0.4 is 10.6 Å². The van der Waals surface area contributed by atoms with Crippen LogP contribution in [0.3, 0.4) is 0 Å². The quantitative estimate of drug-likeness (QED) is 0.859. The molecule has 2 atom stereocenters. The van der Waals surface area contributed by atoms with Crippen LogP contribution in [0, 0.1) is 0 Å². The lowest BCUT2D eigenvalue weighted by atomic mass is 9.92. The average Bonchev–Trinajstić information content (AvgIpc) is 3.06. The molecule has 0 saturated carbocycles. The minimum Gasteiger partial charge on any atom is -0.348 e. The highest BCUT2D eigenvalue weighted by Crippen LogP contribution is 2.25. The van der Waals surface area contributed by atoms with Crippen molar-refractivity contribution >= 4 is 5.91 Å². The number of carbonyl (C=O) groups is 1. The molecule has 0 spiro atoms. The van der Waals surface area contributed by atoms with Gasteiger partial charge in [-0.1, -0.05) is 6.92 Å². The predicted octanol–water partition coefficient (Wildman–Crippen LogP) is 1.30. The molecule has 3 rings (SSSR count). The zero-order valence-electron chi connectivity index (χ0n) is 14.3. The molecule has 0 unspecified atom stereocenters. The lowest BCUT2D eigenvalue weighted by Crippen LogP contribution is -2.53. The van der Waals surface area contributed by atoms with E-state index in [0.717, 1.165) is 25.1 Å². The first kappa shape index (κ1) is 16.5. The van der Waals surface area contributed by atoms with E-state index in [4.69, 9.17) is 0 Å². The van der Waals surface area contributed by atoms with Gasteiger partial charge >= 0.3 is 0 Å². The molecule has 23 heavy (non-hydrogen) atoms. The smallest absolute Gasteiger partial charge is 0.220 e. The van der Waals surface area contributed by atoms with Gasteiger partial charge in [-0.25, -0.2) is 0 Å². The van der Waals surface area contributed by atoms with Crippen LogP contribution in [0.4, 0.5) is 0 Å². The summed E-state index contributed by atoms with van der Waals surface area (Å²) in [7, 11) is 0. The van der Waals surface area contributed by atoms with Crippen molar-refractivity contribution in [1.82, 2.24) is 25.3 Å². The van der Waals surface area contributed by atoms with Gasteiger partial charge in [0.15, 0.2) is 0 Å².